The van der Waals surface area contributed by atoms with Crippen molar-refractivity contribution in [3.05, 3.63) is 0 Å². The van der Waals surface area contributed by atoms with Crippen molar-refractivity contribution in [2.75, 3.05) is 59.2 Å². The van der Waals surface area contributed by atoms with E-state index in [9.17, 15) is 0 Å². The number of ether oxygens (including phenoxy) is 3. The number of nitrogens with two attached hydrogens (primary N) is 3. The van der Waals surface area contributed by atoms with Crippen molar-refractivity contribution in [2.24, 2.45) is 69.5 Å². The summed E-state index contributed by atoms with van der Waals surface area (Å²) < 4.78 is 20.1. The SMILES string of the molecule is CCCCCCCCNCCC[C@@H](C)C1CC[C@H]2C3[C@H](OCCCN)CC4CC(COCCCN)CCC4(C)[C@H]3C[C@H](OCCCN)C12C. The van der Waals surface area contributed by atoms with Crippen LogP contribution in [0.4, 0.5) is 0 Å². The molecule has 0 aromatic heterocycles. The summed E-state index contributed by atoms with van der Waals surface area (Å²) in [7, 11) is 0. The molecule has 7 N–H and O–H groups in total. The van der Waals surface area contributed by atoms with Crippen molar-refractivity contribution in [3.8, 4) is 0 Å². The molecule has 0 aromatic carbocycles. The minimum Gasteiger partial charge on any atom is -0.381 e. The van der Waals surface area contributed by atoms with Crippen molar-refractivity contribution in [2.45, 2.75) is 155 Å². The Bertz CT molecular complexity index is 894. The van der Waals surface area contributed by atoms with E-state index in [1.165, 1.54) is 103 Å². The molecule has 4 aliphatic carbocycles. The Labute approximate surface area is 303 Å². The van der Waals surface area contributed by atoms with Gasteiger partial charge in [0, 0.05) is 31.8 Å². The molecule has 7 nitrogen and oxygen atoms in total. The van der Waals surface area contributed by atoms with Crippen molar-refractivity contribution >= 4 is 0 Å². The summed E-state index contributed by atoms with van der Waals surface area (Å²) in [5, 5.41) is 3.77. The third-order valence-corrected chi connectivity index (χ3v) is 14.5. The molecule has 0 bridgehead atoms. The average Bonchev–Trinajstić information content (AvgIpc) is 3.46. The number of unbranched alkanes of at least 4 members (excludes halogenated alkanes) is 5. The maximum atomic E-state index is 7.05. The standard InChI is InChI=1S/C42H82N4O3/c1-5-6-7-8-9-10-23-46-24-11-15-32(2)35-16-17-36-40-37(30-39(42(35,36)4)49-27-14-22-45)41(3)19-18-33(31-47-25-12-20-43)28-34(41)29-38(40)48-26-13-21-44/h32-40,46H,5-31,43-45H2,1-4H3/t32-,33?,34?,35?,36+,37+,38-,39+,40?,41?,42?/m1/s1. The van der Waals surface area contributed by atoms with Gasteiger partial charge in [0.2, 0.25) is 0 Å². The highest BCUT2D eigenvalue weighted by Crippen LogP contribution is 2.69. The smallest absolute Gasteiger partial charge is 0.0637 e. The van der Waals surface area contributed by atoms with Gasteiger partial charge in [0.25, 0.3) is 0 Å². The van der Waals surface area contributed by atoms with Crippen LogP contribution in [0.15, 0.2) is 0 Å². The van der Waals surface area contributed by atoms with Crippen LogP contribution in [-0.2, 0) is 14.2 Å². The topological polar surface area (TPSA) is 118 Å². The van der Waals surface area contributed by atoms with Crippen LogP contribution in [0.5, 0.6) is 0 Å². The summed E-state index contributed by atoms with van der Waals surface area (Å²) in [6.07, 6.45) is 23.2. The zero-order valence-corrected chi connectivity index (χ0v) is 32.7. The molecule has 49 heavy (non-hydrogen) atoms. The molecule has 6 unspecified atom stereocenters. The Morgan fingerprint density at radius 2 is 1.43 bits per heavy atom. The highest BCUT2D eigenvalue weighted by Gasteiger charge is 2.66. The fourth-order valence-corrected chi connectivity index (χ4v) is 11.7. The molecule has 4 saturated carbocycles. The lowest BCUT2D eigenvalue weighted by molar-refractivity contribution is -0.225. The van der Waals surface area contributed by atoms with Crippen molar-refractivity contribution in [1.29, 1.82) is 0 Å². The van der Waals surface area contributed by atoms with Crippen LogP contribution in [0.25, 0.3) is 0 Å². The minimum absolute atomic E-state index is 0.188. The first-order valence-electron chi connectivity index (χ1n) is 21.5. The summed E-state index contributed by atoms with van der Waals surface area (Å²) in [5.74, 6) is 4.67. The van der Waals surface area contributed by atoms with Crippen LogP contribution in [0.2, 0.25) is 0 Å². The van der Waals surface area contributed by atoms with Crippen molar-refractivity contribution < 1.29 is 14.2 Å². The van der Waals surface area contributed by atoms with Crippen LogP contribution in [0.3, 0.4) is 0 Å². The quantitative estimate of drug-likeness (QED) is 0.0726. The summed E-state index contributed by atoms with van der Waals surface area (Å²) >= 11 is 0. The lowest BCUT2D eigenvalue weighted by Crippen LogP contribution is -2.63. The molecule has 0 radical (unpaired) electrons. The highest BCUT2D eigenvalue weighted by molar-refractivity contribution is 5.15. The van der Waals surface area contributed by atoms with Gasteiger partial charge in [-0.1, -0.05) is 59.8 Å². The van der Waals surface area contributed by atoms with Gasteiger partial charge >= 0.3 is 0 Å². The zero-order chi connectivity index (χ0) is 35.1. The van der Waals surface area contributed by atoms with Gasteiger partial charge in [-0.25, -0.2) is 0 Å². The second kappa shape index (κ2) is 21.4. The first-order valence-corrected chi connectivity index (χ1v) is 21.5. The van der Waals surface area contributed by atoms with E-state index >= 15 is 0 Å². The van der Waals surface area contributed by atoms with Gasteiger partial charge in [-0.05, 0) is 163 Å². The van der Waals surface area contributed by atoms with E-state index in [1.54, 1.807) is 0 Å². The molecule has 7 heteroatoms. The Kier molecular flexibility index (Phi) is 18.1. The van der Waals surface area contributed by atoms with Crippen LogP contribution in [-0.4, -0.2) is 71.4 Å². The fourth-order valence-electron chi connectivity index (χ4n) is 11.7. The summed E-state index contributed by atoms with van der Waals surface area (Å²) in [6, 6.07) is 0. The summed E-state index contributed by atoms with van der Waals surface area (Å²) in [4.78, 5) is 0. The number of hydrogen-bond acceptors (Lipinski definition) is 7. The van der Waals surface area contributed by atoms with Gasteiger partial charge in [0.1, 0.15) is 0 Å². The van der Waals surface area contributed by atoms with E-state index in [-0.39, 0.29) is 5.41 Å². The minimum atomic E-state index is 0.188. The third kappa shape index (κ3) is 10.7. The van der Waals surface area contributed by atoms with Crippen LogP contribution in [0, 0.1) is 52.3 Å². The first kappa shape index (κ1) is 41.5. The maximum absolute atomic E-state index is 7.05. The van der Waals surface area contributed by atoms with Crippen LogP contribution >= 0.6 is 0 Å². The lowest BCUT2D eigenvalue weighted by atomic mass is 9.42. The largest absolute Gasteiger partial charge is 0.381 e. The van der Waals surface area contributed by atoms with E-state index < -0.39 is 0 Å². The summed E-state index contributed by atoms with van der Waals surface area (Å²) in [6.45, 7) is 17.9. The van der Waals surface area contributed by atoms with Gasteiger partial charge in [0.05, 0.1) is 12.2 Å². The Morgan fingerprint density at radius 1 is 0.735 bits per heavy atom. The third-order valence-electron chi connectivity index (χ3n) is 14.5. The number of hydrogen-bond donors (Lipinski definition) is 4. The molecule has 0 aliphatic heterocycles. The Balaban J connectivity index is 1.46. The molecule has 0 amide bonds. The molecule has 0 saturated heterocycles. The molecular weight excluding hydrogens is 608 g/mol. The predicted molar refractivity (Wildman–Crippen MR) is 205 cm³/mol. The molecule has 4 aliphatic rings. The molecule has 288 valence electrons. The number of fused-ring (bicyclic) bond motifs is 5. The van der Waals surface area contributed by atoms with Gasteiger partial charge in [-0.3, -0.25) is 0 Å². The molecule has 0 aromatic rings. The van der Waals surface area contributed by atoms with E-state index in [2.05, 4.69) is 33.0 Å². The van der Waals surface area contributed by atoms with Crippen molar-refractivity contribution in [1.82, 2.24) is 5.32 Å². The molecule has 0 spiro atoms. The normalized spacial score (nSPS) is 36.3. The van der Waals surface area contributed by atoms with E-state index in [0.717, 1.165) is 52.2 Å². The Hall–Kier alpha value is -0.280. The maximum Gasteiger partial charge on any atom is 0.0637 e. The number of rotatable bonds is 25. The Morgan fingerprint density at radius 3 is 2.18 bits per heavy atom. The fraction of sp³-hybridized carbons (Fsp3) is 1.00. The molecule has 0 heterocycles. The lowest BCUT2D eigenvalue weighted by Gasteiger charge is -2.65. The van der Waals surface area contributed by atoms with Gasteiger partial charge in [-0.15, -0.1) is 0 Å². The molecule has 11 atom stereocenters. The van der Waals surface area contributed by atoms with E-state index in [0.29, 0.717) is 78.7 Å². The van der Waals surface area contributed by atoms with E-state index in [1.807, 2.05) is 0 Å². The van der Waals surface area contributed by atoms with Gasteiger partial charge < -0.3 is 36.7 Å². The van der Waals surface area contributed by atoms with E-state index in [4.69, 9.17) is 31.4 Å². The van der Waals surface area contributed by atoms with Crippen molar-refractivity contribution in [3.63, 3.8) is 0 Å². The second-order valence-electron chi connectivity index (χ2n) is 17.6. The first-order chi connectivity index (χ1) is 23.8. The van der Waals surface area contributed by atoms with Gasteiger partial charge in [-0.2, -0.15) is 0 Å². The molecule has 4 rings (SSSR count). The van der Waals surface area contributed by atoms with Crippen LogP contribution < -0.4 is 22.5 Å². The highest BCUT2D eigenvalue weighted by atomic mass is 16.5. The van der Waals surface area contributed by atoms with Gasteiger partial charge in [0.15, 0.2) is 0 Å². The predicted octanol–water partition coefficient (Wildman–Crippen LogP) is 7.68. The monoisotopic (exact) mass is 691 g/mol. The number of nitrogens with one attached hydrogen (secondary N) is 1. The summed E-state index contributed by atoms with van der Waals surface area (Å²) in [5.41, 5.74) is 18.3. The zero-order valence-electron chi connectivity index (χ0n) is 32.7. The van der Waals surface area contributed by atoms with Crippen LogP contribution in [0.1, 0.15) is 143 Å². The molecular formula is C42H82N4O3. The molecule has 4 fully saturated rings. The average molecular weight is 691 g/mol. The second-order valence-corrected chi connectivity index (χ2v) is 17.6.